The molecule has 6 nitrogen and oxygen atoms in total. The fourth-order valence-electron chi connectivity index (χ4n) is 2.28. The van der Waals surface area contributed by atoms with Crippen LogP contribution in [-0.2, 0) is 4.79 Å². The van der Waals surface area contributed by atoms with Crippen molar-refractivity contribution in [1.29, 1.82) is 0 Å². The molecule has 0 atom stereocenters. The number of benzene rings is 2. The number of aromatic nitrogens is 1. The van der Waals surface area contributed by atoms with Crippen LogP contribution in [0.5, 0.6) is 0 Å². The summed E-state index contributed by atoms with van der Waals surface area (Å²) in [4.78, 5) is 37.7. The molecule has 23 heavy (non-hydrogen) atoms. The number of anilines is 1. The van der Waals surface area contributed by atoms with Crippen molar-refractivity contribution in [3.63, 3.8) is 0 Å². The molecule has 3 rings (SSSR count). The number of aromatic amines is 1. The lowest BCUT2D eigenvalue weighted by molar-refractivity contribution is -0.116. The predicted octanol–water partition coefficient (Wildman–Crippen LogP) is 2.72. The SMILES string of the molecule is O=C(CCC(=O)c1ccccc1)Nc1cccc2oc(=O)[nH]c12. The molecule has 0 aliphatic rings. The number of amides is 1. The third kappa shape index (κ3) is 3.37. The first-order valence-corrected chi connectivity index (χ1v) is 7.13. The fraction of sp³-hybridized carbons (Fsp3) is 0.118. The Morgan fingerprint density at radius 3 is 2.57 bits per heavy atom. The van der Waals surface area contributed by atoms with E-state index in [0.29, 0.717) is 22.4 Å². The van der Waals surface area contributed by atoms with E-state index < -0.39 is 5.76 Å². The zero-order valence-corrected chi connectivity index (χ0v) is 12.2. The summed E-state index contributed by atoms with van der Waals surface area (Å²) in [5, 5.41) is 2.68. The van der Waals surface area contributed by atoms with E-state index in [9.17, 15) is 14.4 Å². The number of hydrogen-bond acceptors (Lipinski definition) is 4. The maximum absolute atomic E-state index is 12.0. The van der Waals surface area contributed by atoms with E-state index in [1.165, 1.54) is 0 Å². The van der Waals surface area contributed by atoms with Crippen molar-refractivity contribution >= 4 is 28.5 Å². The largest absolute Gasteiger partial charge is 0.417 e. The third-order valence-corrected chi connectivity index (χ3v) is 3.40. The Hall–Kier alpha value is -3.15. The second kappa shape index (κ2) is 6.31. The smallest absolute Gasteiger partial charge is 0.408 e. The highest BCUT2D eigenvalue weighted by Gasteiger charge is 2.12. The molecular weight excluding hydrogens is 296 g/mol. The molecular formula is C17H14N2O4. The van der Waals surface area contributed by atoms with E-state index >= 15 is 0 Å². The number of ketones is 1. The summed E-state index contributed by atoms with van der Waals surface area (Å²) in [6, 6.07) is 13.8. The molecule has 0 aliphatic carbocycles. The lowest BCUT2D eigenvalue weighted by Gasteiger charge is -2.05. The molecule has 1 heterocycles. The van der Waals surface area contributed by atoms with Gasteiger partial charge < -0.3 is 9.73 Å². The summed E-state index contributed by atoms with van der Waals surface area (Å²) in [6.07, 6.45) is 0.180. The highest BCUT2D eigenvalue weighted by atomic mass is 16.4. The molecule has 3 aromatic rings. The van der Waals surface area contributed by atoms with Gasteiger partial charge in [0.15, 0.2) is 11.4 Å². The van der Waals surface area contributed by atoms with Gasteiger partial charge in [0.05, 0.1) is 5.69 Å². The second-order valence-corrected chi connectivity index (χ2v) is 5.03. The number of hydrogen-bond donors (Lipinski definition) is 2. The van der Waals surface area contributed by atoms with Crippen LogP contribution < -0.4 is 11.1 Å². The number of oxazole rings is 1. The first kappa shape index (κ1) is 14.8. The highest BCUT2D eigenvalue weighted by Crippen LogP contribution is 2.20. The van der Waals surface area contributed by atoms with Crippen molar-refractivity contribution in [3.05, 3.63) is 64.6 Å². The molecule has 0 aliphatic heterocycles. The van der Waals surface area contributed by atoms with Crippen molar-refractivity contribution in [3.8, 4) is 0 Å². The van der Waals surface area contributed by atoms with Gasteiger partial charge in [0.2, 0.25) is 5.91 Å². The lowest BCUT2D eigenvalue weighted by Crippen LogP contribution is -2.14. The Labute approximate surface area is 131 Å². The van der Waals surface area contributed by atoms with Crippen LogP contribution in [0, 0.1) is 0 Å². The van der Waals surface area contributed by atoms with Crippen molar-refractivity contribution in [2.24, 2.45) is 0 Å². The van der Waals surface area contributed by atoms with Gasteiger partial charge in [0.1, 0.15) is 5.52 Å². The zero-order valence-electron chi connectivity index (χ0n) is 12.2. The van der Waals surface area contributed by atoms with Crippen LogP contribution >= 0.6 is 0 Å². The Kier molecular flexibility index (Phi) is 4.05. The summed E-state index contributed by atoms with van der Waals surface area (Å²) >= 11 is 0. The predicted molar refractivity (Wildman–Crippen MR) is 85.5 cm³/mol. The highest BCUT2D eigenvalue weighted by molar-refractivity contribution is 6.02. The lowest BCUT2D eigenvalue weighted by atomic mass is 10.1. The van der Waals surface area contributed by atoms with Crippen molar-refractivity contribution in [2.75, 3.05) is 5.32 Å². The Morgan fingerprint density at radius 1 is 1.00 bits per heavy atom. The van der Waals surface area contributed by atoms with E-state index in [2.05, 4.69) is 10.3 Å². The summed E-state index contributed by atoms with van der Waals surface area (Å²) < 4.78 is 4.93. The Balaban J connectivity index is 1.65. The van der Waals surface area contributed by atoms with Crippen molar-refractivity contribution < 1.29 is 14.0 Å². The minimum atomic E-state index is -0.582. The number of rotatable bonds is 5. The van der Waals surface area contributed by atoms with Crippen LogP contribution in [0.2, 0.25) is 0 Å². The van der Waals surface area contributed by atoms with Gasteiger partial charge in [0.25, 0.3) is 0 Å². The average Bonchev–Trinajstić information content (AvgIpc) is 2.95. The molecule has 2 N–H and O–H groups in total. The van der Waals surface area contributed by atoms with Gasteiger partial charge >= 0.3 is 5.76 Å². The van der Waals surface area contributed by atoms with Crippen LogP contribution in [0.3, 0.4) is 0 Å². The number of carbonyl (C=O) groups excluding carboxylic acids is 2. The molecule has 0 saturated carbocycles. The molecule has 6 heteroatoms. The molecule has 0 bridgehead atoms. The second-order valence-electron chi connectivity index (χ2n) is 5.03. The van der Waals surface area contributed by atoms with Gasteiger partial charge in [-0.1, -0.05) is 36.4 Å². The standard InChI is InChI=1S/C17H14N2O4/c20-13(11-5-2-1-3-6-11)9-10-15(21)18-12-7-4-8-14-16(12)19-17(22)23-14/h1-8H,9-10H2,(H,18,21)(H,19,22). The molecule has 0 unspecified atom stereocenters. The minimum absolute atomic E-state index is 0.0617. The van der Waals surface area contributed by atoms with Crippen molar-refractivity contribution in [1.82, 2.24) is 4.98 Å². The number of Topliss-reactive ketones (excluding diaryl/α,β-unsaturated/α-hetero) is 1. The monoisotopic (exact) mass is 310 g/mol. The topological polar surface area (TPSA) is 92.2 Å². The van der Waals surface area contributed by atoms with Gasteiger partial charge in [-0.25, -0.2) is 4.79 Å². The molecule has 1 amide bonds. The fourth-order valence-corrected chi connectivity index (χ4v) is 2.28. The summed E-state index contributed by atoms with van der Waals surface area (Å²) in [7, 11) is 0. The number of nitrogens with one attached hydrogen (secondary N) is 2. The number of para-hydroxylation sites is 1. The molecule has 116 valence electrons. The Bertz CT molecular complexity index is 909. The summed E-state index contributed by atoms with van der Waals surface area (Å²) in [5.74, 6) is -0.972. The average molecular weight is 310 g/mol. The van der Waals surface area contributed by atoms with Crippen LogP contribution in [0.15, 0.2) is 57.7 Å². The maximum Gasteiger partial charge on any atom is 0.417 e. The van der Waals surface area contributed by atoms with Crippen LogP contribution in [0.25, 0.3) is 11.1 Å². The maximum atomic E-state index is 12.0. The van der Waals surface area contributed by atoms with Gasteiger partial charge in [-0.15, -0.1) is 0 Å². The molecule has 0 spiro atoms. The molecule has 0 radical (unpaired) electrons. The van der Waals surface area contributed by atoms with E-state index in [1.807, 2.05) is 6.07 Å². The van der Waals surface area contributed by atoms with E-state index in [4.69, 9.17) is 4.42 Å². The molecule has 2 aromatic carbocycles. The quantitative estimate of drug-likeness (QED) is 0.709. The molecule has 0 fully saturated rings. The zero-order chi connectivity index (χ0) is 16.2. The third-order valence-electron chi connectivity index (χ3n) is 3.40. The van der Waals surface area contributed by atoms with E-state index in [0.717, 1.165) is 0 Å². The van der Waals surface area contributed by atoms with Gasteiger partial charge in [-0.2, -0.15) is 0 Å². The normalized spacial score (nSPS) is 10.6. The van der Waals surface area contributed by atoms with Gasteiger partial charge in [0, 0.05) is 18.4 Å². The first-order chi connectivity index (χ1) is 11.1. The Morgan fingerprint density at radius 2 is 1.78 bits per heavy atom. The first-order valence-electron chi connectivity index (χ1n) is 7.13. The van der Waals surface area contributed by atoms with Crippen LogP contribution in [0.1, 0.15) is 23.2 Å². The van der Waals surface area contributed by atoms with Crippen molar-refractivity contribution in [2.45, 2.75) is 12.8 Å². The number of fused-ring (bicyclic) bond motifs is 1. The van der Waals surface area contributed by atoms with Gasteiger partial charge in [-0.3, -0.25) is 14.6 Å². The van der Waals surface area contributed by atoms with Gasteiger partial charge in [-0.05, 0) is 12.1 Å². The minimum Gasteiger partial charge on any atom is -0.408 e. The molecule has 0 saturated heterocycles. The van der Waals surface area contributed by atoms with Crippen LogP contribution in [-0.4, -0.2) is 16.7 Å². The van der Waals surface area contributed by atoms with E-state index in [1.54, 1.807) is 42.5 Å². The summed E-state index contributed by atoms with van der Waals surface area (Å²) in [6.45, 7) is 0. The molecule has 1 aromatic heterocycles. The summed E-state index contributed by atoms with van der Waals surface area (Å²) in [5.41, 5.74) is 1.83. The van der Waals surface area contributed by atoms with E-state index in [-0.39, 0.29) is 24.5 Å². The number of H-pyrrole nitrogens is 1. The number of carbonyl (C=O) groups is 2. The van der Waals surface area contributed by atoms with Crippen LogP contribution in [0.4, 0.5) is 5.69 Å².